The predicted octanol–water partition coefficient (Wildman–Crippen LogP) is 5.06. The first-order valence-electron chi connectivity index (χ1n) is 6.74. The van der Waals surface area contributed by atoms with Gasteiger partial charge in [0.05, 0.1) is 11.6 Å². The van der Waals surface area contributed by atoms with Crippen molar-refractivity contribution in [1.82, 2.24) is 0 Å². The van der Waals surface area contributed by atoms with E-state index in [0.29, 0.717) is 11.8 Å². The third kappa shape index (κ3) is 3.63. The summed E-state index contributed by atoms with van der Waals surface area (Å²) in [6, 6.07) is 7.51. The Morgan fingerprint density at radius 2 is 1.65 bits per heavy atom. The van der Waals surface area contributed by atoms with E-state index in [0.717, 1.165) is 43.4 Å². The molecule has 0 aromatic heterocycles. The lowest BCUT2D eigenvalue weighted by Gasteiger charge is -2.27. The zero-order valence-corrected chi connectivity index (χ0v) is 11.0. The lowest BCUT2D eigenvalue weighted by atomic mass is 9.78. The molecule has 1 aromatic rings. The van der Waals surface area contributed by atoms with Crippen LogP contribution in [0.1, 0.15) is 42.7 Å². The molecule has 106 valence electrons. The maximum atomic E-state index is 12.5. The van der Waals surface area contributed by atoms with E-state index in [4.69, 9.17) is 5.26 Å². The Kier molecular flexibility index (Phi) is 4.49. The van der Waals surface area contributed by atoms with Crippen LogP contribution >= 0.6 is 0 Å². The van der Waals surface area contributed by atoms with Crippen molar-refractivity contribution in [1.29, 1.82) is 5.26 Å². The highest BCUT2D eigenvalue weighted by Gasteiger charge is 2.30. The standard InChI is InChI=1S/C16H16F3N/c17-16(18,19)15-9-7-14(8-10-15)13-5-3-12(4-6-13)2-1-11-20/h1-2,7-10,12-13H,3-6H2/t12-,13-. The summed E-state index contributed by atoms with van der Waals surface area (Å²) in [5.41, 5.74) is 0.396. The van der Waals surface area contributed by atoms with Crippen molar-refractivity contribution in [3.05, 3.63) is 47.5 Å². The van der Waals surface area contributed by atoms with Crippen molar-refractivity contribution in [2.45, 2.75) is 37.8 Å². The van der Waals surface area contributed by atoms with Gasteiger partial charge in [-0.25, -0.2) is 0 Å². The van der Waals surface area contributed by atoms with Crippen molar-refractivity contribution in [2.24, 2.45) is 5.92 Å². The first-order valence-corrected chi connectivity index (χ1v) is 6.74. The third-order valence-corrected chi connectivity index (χ3v) is 3.92. The van der Waals surface area contributed by atoms with Crippen molar-refractivity contribution in [2.75, 3.05) is 0 Å². The molecule has 1 fully saturated rings. The fourth-order valence-corrected chi connectivity index (χ4v) is 2.77. The monoisotopic (exact) mass is 279 g/mol. The normalized spacial score (nSPS) is 23.7. The van der Waals surface area contributed by atoms with Crippen molar-refractivity contribution >= 4 is 0 Å². The van der Waals surface area contributed by atoms with Crippen LogP contribution in [-0.2, 0) is 6.18 Å². The van der Waals surface area contributed by atoms with Crippen LogP contribution in [0.4, 0.5) is 13.2 Å². The number of hydrogen-bond donors (Lipinski definition) is 0. The summed E-state index contributed by atoms with van der Waals surface area (Å²) in [6.45, 7) is 0. The third-order valence-electron chi connectivity index (χ3n) is 3.92. The molecule has 2 rings (SSSR count). The van der Waals surface area contributed by atoms with Gasteiger partial charge in [0.25, 0.3) is 0 Å². The van der Waals surface area contributed by atoms with Gasteiger partial charge in [-0.15, -0.1) is 0 Å². The van der Waals surface area contributed by atoms with E-state index in [1.54, 1.807) is 12.1 Å². The number of hydrogen-bond acceptors (Lipinski definition) is 1. The second-order valence-electron chi connectivity index (χ2n) is 5.22. The molecule has 20 heavy (non-hydrogen) atoms. The minimum Gasteiger partial charge on any atom is -0.193 e. The summed E-state index contributed by atoms with van der Waals surface area (Å²) in [5, 5.41) is 8.49. The van der Waals surface area contributed by atoms with Gasteiger partial charge < -0.3 is 0 Å². The smallest absolute Gasteiger partial charge is 0.193 e. The molecule has 0 N–H and O–H groups in total. The van der Waals surface area contributed by atoms with Crippen LogP contribution in [0.2, 0.25) is 0 Å². The van der Waals surface area contributed by atoms with Crippen LogP contribution in [-0.4, -0.2) is 0 Å². The summed E-state index contributed by atoms with van der Waals surface area (Å²) in [6.07, 6.45) is 3.09. The second kappa shape index (κ2) is 6.13. The average Bonchev–Trinajstić information content (AvgIpc) is 2.45. The number of nitrogens with zero attached hydrogens (tertiary/aromatic N) is 1. The molecule has 0 spiro atoms. The van der Waals surface area contributed by atoms with E-state index in [1.807, 2.05) is 12.1 Å². The van der Waals surface area contributed by atoms with Crippen LogP contribution in [0.3, 0.4) is 0 Å². The van der Waals surface area contributed by atoms with Gasteiger partial charge in [-0.05, 0) is 55.2 Å². The van der Waals surface area contributed by atoms with Gasteiger partial charge in [0, 0.05) is 6.08 Å². The van der Waals surface area contributed by atoms with Gasteiger partial charge in [-0.1, -0.05) is 18.2 Å². The topological polar surface area (TPSA) is 23.8 Å². The highest BCUT2D eigenvalue weighted by Crippen LogP contribution is 2.37. The fraction of sp³-hybridized carbons (Fsp3) is 0.438. The average molecular weight is 279 g/mol. The first-order chi connectivity index (χ1) is 9.50. The van der Waals surface area contributed by atoms with Crippen LogP contribution < -0.4 is 0 Å². The summed E-state index contributed by atoms with van der Waals surface area (Å²) in [5.74, 6) is 0.768. The molecular weight excluding hydrogens is 263 g/mol. The molecule has 1 aromatic carbocycles. The van der Waals surface area contributed by atoms with Crippen LogP contribution in [0.25, 0.3) is 0 Å². The van der Waals surface area contributed by atoms with Crippen molar-refractivity contribution in [3.8, 4) is 6.07 Å². The number of nitriles is 1. The minimum absolute atomic E-state index is 0.337. The molecular formula is C16H16F3N. The Balaban J connectivity index is 1.97. The molecule has 0 saturated heterocycles. The molecule has 4 heteroatoms. The van der Waals surface area contributed by atoms with Crippen molar-refractivity contribution < 1.29 is 13.2 Å². The molecule has 0 bridgehead atoms. The Morgan fingerprint density at radius 1 is 1.05 bits per heavy atom. The summed E-state index contributed by atoms with van der Waals surface area (Å²) in [7, 11) is 0. The van der Waals surface area contributed by atoms with E-state index >= 15 is 0 Å². The molecule has 0 radical (unpaired) electrons. The second-order valence-corrected chi connectivity index (χ2v) is 5.22. The molecule has 0 heterocycles. The van der Waals surface area contributed by atoms with Gasteiger partial charge in [0.1, 0.15) is 0 Å². The maximum absolute atomic E-state index is 12.5. The first kappa shape index (κ1) is 14.6. The van der Waals surface area contributed by atoms with Gasteiger partial charge in [0.2, 0.25) is 0 Å². The quantitative estimate of drug-likeness (QED) is 0.694. The number of rotatable bonds is 2. The molecule has 1 saturated carbocycles. The zero-order valence-electron chi connectivity index (χ0n) is 11.0. The molecule has 0 atom stereocenters. The fourth-order valence-electron chi connectivity index (χ4n) is 2.77. The van der Waals surface area contributed by atoms with Gasteiger partial charge >= 0.3 is 6.18 Å². The highest BCUT2D eigenvalue weighted by molar-refractivity contribution is 5.27. The Hall–Kier alpha value is -1.76. The number of halogens is 3. The Labute approximate surface area is 116 Å². The molecule has 1 aliphatic carbocycles. The lowest BCUT2D eigenvalue weighted by molar-refractivity contribution is -0.137. The highest BCUT2D eigenvalue weighted by atomic mass is 19.4. The molecule has 1 nitrogen and oxygen atoms in total. The van der Waals surface area contributed by atoms with Gasteiger partial charge in [0.15, 0.2) is 0 Å². The lowest BCUT2D eigenvalue weighted by Crippen LogP contribution is -2.12. The zero-order chi connectivity index (χ0) is 14.6. The molecule has 0 amide bonds. The molecule has 1 aliphatic rings. The predicted molar refractivity (Wildman–Crippen MR) is 70.9 cm³/mol. The summed E-state index contributed by atoms with van der Waals surface area (Å²) >= 11 is 0. The molecule has 0 unspecified atom stereocenters. The Bertz CT molecular complexity index is 500. The SMILES string of the molecule is N#CC=C[C@H]1CC[C@H](c2ccc(C(F)(F)F)cc2)CC1. The van der Waals surface area contributed by atoms with Crippen LogP contribution in [0.5, 0.6) is 0 Å². The molecule has 0 aliphatic heterocycles. The van der Waals surface area contributed by atoms with E-state index < -0.39 is 11.7 Å². The maximum Gasteiger partial charge on any atom is 0.416 e. The van der Waals surface area contributed by atoms with Crippen LogP contribution in [0, 0.1) is 17.2 Å². The van der Waals surface area contributed by atoms with E-state index in [2.05, 4.69) is 0 Å². The van der Waals surface area contributed by atoms with E-state index in [-0.39, 0.29) is 0 Å². The van der Waals surface area contributed by atoms with Gasteiger partial charge in [-0.2, -0.15) is 18.4 Å². The number of benzene rings is 1. The Morgan fingerprint density at radius 3 is 2.15 bits per heavy atom. The summed E-state index contributed by atoms with van der Waals surface area (Å²) in [4.78, 5) is 0. The van der Waals surface area contributed by atoms with E-state index in [9.17, 15) is 13.2 Å². The van der Waals surface area contributed by atoms with Crippen molar-refractivity contribution in [3.63, 3.8) is 0 Å². The van der Waals surface area contributed by atoms with Gasteiger partial charge in [-0.3, -0.25) is 0 Å². The summed E-state index contributed by atoms with van der Waals surface area (Å²) < 4.78 is 37.5. The van der Waals surface area contributed by atoms with Crippen LogP contribution in [0.15, 0.2) is 36.4 Å². The number of alkyl halides is 3. The largest absolute Gasteiger partial charge is 0.416 e. The van der Waals surface area contributed by atoms with E-state index in [1.165, 1.54) is 6.08 Å². The minimum atomic E-state index is -4.27. The number of allylic oxidation sites excluding steroid dienone is 2.